The first kappa shape index (κ1) is 13.2. The van der Waals surface area contributed by atoms with Crippen LogP contribution in [0.15, 0.2) is 0 Å². The summed E-state index contributed by atoms with van der Waals surface area (Å²) >= 11 is 0.419. The van der Waals surface area contributed by atoms with Gasteiger partial charge in [-0.3, -0.25) is 0 Å². The van der Waals surface area contributed by atoms with E-state index in [1.54, 1.807) is 0 Å². The Morgan fingerprint density at radius 2 is 2.08 bits per heavy atom. The maximum Gasteiger partial charge on any atom is 0.0547 e. The van der Waals surface area contributed by atoms with E-state index in [4.69, 9.17) is 4.74 Å². The van der Waals surface area contributed by atoms with Crippen LogP contribution in [-0.2, 0) is 4.74 Å². The Hall–Kier alpha value is 0.240. The molecule has 0 N–H and O–H groups in total. The summed E-state index contributed by atoms with van der Waals surface area (Å²) in [7, 11) is 0. The fraction of sp³-hybridized carbons (Fsp3) is 1.00. The minimum Gasteiger partial charge on any atom is -0.379 e. The molecule has 1 atom stereocenters. The lowest BCUT2D eigenvalue weighted by Gasteiger charge is -2.11. The third-order valence-corrected chi connectivity index (χ3v) is 2.43. The molecule has 0 aliphatic rings. The molecular weight excluding hydrogens is 187 g/mol. The van der Waals surface area contributed by atoms with Crippen molar-refractivity contribution >= 4 is 12.1 Å². The van der Waals surface area contributed by atoms with Crippen molar-refractivity contribution in [1.29, 1.82) is 0 Å². The van der Waals surface area contributed by atoms with Crippen LogP contribution in [0.1, 0.15) is 46.0 Å². The molecule has 0 heterocycles. The molecule has 0 saturated heterocycles. The van der Waals surface area contributed by atoms with Crippen LogP contribution in [0.4, 0.5) is 3.89 Å². The molecular formula is C10H21FOS. The number of rotatable bonds is 9. The maximum absolute atomic E-state index is 11.6. The average molecular weight is 208 g/mol. The Bertz CT molecular complexity index is 101. The minimum atomic E-state index is 0.373. The molecule has 0 aliphatic carbocycles. The van der Waals surface area contributed by atoms with E-state index in [1.807, 2.05) is 0 Å². The Morgan fingerprint density at radius 1 is 1.31 bits per heavy atom. The SMILES string of the molecule is CCCCC(C)OCCCCSF. The summed E-state index contributed by atoms with van der Waals surface area (Å²) in [5, 5.41) is 0. The Balaban J connectivity index is 3.03. The van der Waals surface area contributed by atoms with E-state index < -0.39 is 0 Å². The summed E-state index contributed by atoms with van der Waals surface area (Å²) in [6.07, 6.45) is 5.88. The van der Waals surface area contributed by atoms with Crippen LogP contribution < -0.4 is 0 Å². The number of hydrogen-bond donors (Lipinski definition) is 0. The van der Waals surface area contributed by atoms with Crippen molar-refractivity contribution in [3.05, 3.63) is 0 Å². The van der Waals surface area contributed by atoms with E-state index in [0.29, 0.717) is 24.0 Å². The molecule has 80 valence electrons. The van der Waals surface area contributed by atoms with E-state index in [-0.39, 0.29) is 0 Å². The van der Waals surface area contributed by atoms with E-state index in [2.05, 4.69) is 13.8 Å². The van der Waals surface area contributed by atoms with Gasteiger partial charge in [0.1, 0.15) is 0 Å². The zero-order valence-corrected chi connectivity index (χ0v) is 9.54. The highest BCUT2D eigenvalue weighted by atomic mass is 32.2. The normalized spacial score (nSPS) is 13.2. The zero-order chi connectivity index (χ0) is 9.94. The van der Waals surface area contributed by atoms with Gasteiger partial charge < -0.3 is 4.74 Å². The maximum atomic E-state index is 11.6. The van der Waals surface area contributed by atoms with Gasteiger partial charge in [-0.15, -0.1) is 0 Å². The Labute approximate surface area is 85.7 Å². The van der Waals surface area contributed by atoms with Gasteiger partial charge in [-0.1, -0.05) is 19.8 Å². The highest BCUT2D eigenvalue weighted by Crippen LogP contribution is 2.07. The topological polar surface area (TPSA) is 9.23 Å². The van der Waals surface area contributed by atoms with Crippen molar-refractivity contribution in [2.45, 2.75) is 52.1 Å². The van der Waals surface area contributed by atoms with Crippen molar-refractivity contribution in [2.24, 2.45) is 0 Å². The molecule has 0 spiro atoms. The lowest BCUT2D eigenvalue weighted by atomic mass is 10.2. The second-order valence-electron chi connectivity index (χ2n) is 3.34. The fourth-order valence-electron chi connectivity index (χ4n) is 1.12. The molecule has 0 radical (unpaired) electrons. The minimum absolute atomic E-state index is 0.373. The van der Waals surface area contributed by atoms with Crippen LogP contribution in [0, 0.1) is 0 Å². The van der Waals surface area contributed by atoms with E-state index in [0.717, 1.165) is 25.9 Å². The van der Waals surface area contributed by atoms with Crippen LogP contribution in [0.3, 0.4) is 0 Å². The van der Waals surface area contributed by atoms with Crippen LogP contribution >= 0.6 is 12.1 Å². The third kappa shape index (κ3) is 10.2. The predicted octanol–water partition coefficient (Wildman–Crippen LogP) is 3.98. The van der Waals surface area contributed by atoms with Crippen LogP contribution in [0.25, 0.3) is 0 Å². The van der Waals surface area contributed by atoms with Gasteiger partial charge in [0, 0.05) is 24.5 Å². The van der Waals surface area contributed by atoms with Gasteiger partial charge in [-0.25, -0.2) is 0 Å². The van der Waals surface area contributed by atoms with Gasteiger partial charge in [-0.05, 0) is 26.2 Å². The summed E-state index contributed by atoms with van der Waals surface area (Å²) in [5.41, 5.74) is 0. The van der Waals surface area contributed by atoms with Crippen LogP contribution in [-0.4, -0.2) is 18.5 Å². The van der Waals surface area contributed by atoms with Gasteiger partial charge in [-0.2, -0.15) is 3.89 Å². The summed E-state index contributed by atoms with van der Waals surface area (Å²) in [6, 6.07) is 0. The van der Waals surface area contributed by atoms with E-state index in [1.165, 1.54) is 12.8 Å². The second kappa shape index (κ2) is 10.3. The molecule has 0 rings (SSSR count). The lowest BCUT2D eigenvalue weighted by Crippen LogP contribution is -2.09. The van der Waals surface area contributed by atoms with E-state index in [9.17, 15) is 3.89 Å². The van der Waals surface area contributed by atoms with Gasteiger partial charge in [0.15, 0.2) is 0 Å². The highest BCUT2D eigenvalue weighted by molar-refractivity contribution is 7.94. The first-order valence-corrected chi connectivity index (χ1v) is 6.05. The average Bonchev–Trinajstić information content (AvgIpc) is 2.14. The van der Waals surface area contributed by atoms with Gasteiger partial charge in [0.2, 0.25) is 0 Å². The quantitative estimate of drug-likeness (QED) is 0.530. The number of ether oxygens (including phenoxy) is 1. The number of hydrogen-bond acceptors (Lipinski definition) is 2. The largest absolute Gasteiger partial charge is 0.379 e. The molecule has 0 bridgehead atoms. The molecule has 13 heavy (non-hydrogen) atoms. The molecule has 0 aromatic rings. The van der Waals surface area contributed by atoms with Crippen molar-refractivity contribution < 1.29 is 8.62 Å². The summed E-state index contributed by atoms with van der Waals surface area (Å²) < 4.78 is 17.2. The zero-order valence-electron chi connectivity index (χ0n) is 8.72. The van der Waals surface area contributed by atoms with Gasteiger partial charge >= 0.3 is 0 Å². The van der Waals surface area contributed by atoms with Crippen molar-refractivity contribution in [3.63, 3.8) is 0 Å². The molecule has 1 nitrogen and oxygen atoms in total. The van der Waals surface area contributed by atoms with Crippen molar-refractivity contribution in [2.75, 3.05) is 12.4 Å². The molecule has 0 saturated carbocycles. The number of halogens is 1. The molecule has 0 aliphatic heterocycles. The van der Waals surface area contributed by atoms with Crippen LogP contribution in [0.2, 0.25) is 0 Å². The molecule has 0 fully saturated rings. The molecule has 0 aromatic carbocycles. The smallest absolute Gasteiger partial charge is 0.0547 e. The molecule has 3 heteroatoms. The third-order valence-electron chi connectivity index (χ3n) is 1.98. The lowest BCUT2D eigenvalue weighted by molar-refractivity contribution is 0.0570. The van der Waals surface area contributed by atoms with Gasteiger partial charge in [0.25, 0.3) is 0 Å². The standard InChI is InChI=1S/C10H21FOS/c1-3-4-7-10(2)12-8-5-6-9-13-11/h10H,3-9H2,1-2H3. The Kier molecular flexibility index (Phi) is 10.5. The molecule has 1 unspecified atom stereocenters. The summed E-state index contributed by atoms with van der Waals surface area (Å²) in [5.74, 6) is 0.604. The summed E-state index contributed by atoms with van der Waals surface area (Å²) in [6.45, 7) is 5.08. The molecule has 0 amide bonds. The predicted molar refractivity (Wildman–Crippen MR) is 57.7 cm³/mol. The Morgan fingerprint density at radius 3 is 2.69 bits per heavy atom. The first-order chi connectivity index (χ1) is 6.31. The fourth-order valence-corrected chi connectivity index (χ4v) is 1.43. The number of unbranched alkanes of at least 4 members (excludes halogenated alkanes) is 2. The van der Waals surface area contributed by atoms with E-state index >= 15 is 0 Å². The second-order valence-corrected chi connectivity index (χ2v) is 3.97. The van der Waals surface area contributed by atoms with Crippen molar-refractivity contribution in [3.8, 4) is 0 Å². The van der Waals surface area contributed by atoms with Crippen LogP contribution in [0.5, 0.6) is 0 Å². The monoisotopic (exact) mass is 208 g/mol. The first-order valence-electron chi connectivity index (χ1n) is 5.16. The van der Waals surface area contributed by atoms with Crippen molar-refractivity contribution in [1.82, 2.24) is 0 Å². The molecule has 0 aromatic heterocycles. The highest BCUT2D eigenvalue weighted by Gasteiger charge is 2.00. The van der Waals surface area contributed by atoms with Gasteiger partial charge in [0.05, 0.1) is 6.10 Å². The summed E-state index contributed by atoms with van der Waals surface area (Å²) in [4.78, 5) is 0.